The van der Waals surface area contributed by atoms with Crippen LogP contribution in [-0.4, -0.2) is 20.3 Å². The minimum Gasteiger partial charge on any atom is -0.214 e. The van der Waals surface area contributed by atoms with E-state index in [1.54, 1.807) is 0 Å². The van der Waals surface area contributed by atoms with E-state index in [2.05, 4.69) is 26.2 Å². The van der Waals surface area contributed by atoms with Crippen LogP contribution in [0.5, 0.6) is 0 Å². The lowest BCUT2D eigenvalue weighted by Gasteiger charge is -2.03. The van der Waals surface area contributed by atoms with Crippen LogP contribution in [0.1, 0.15) is 5.69 Å². The molecule has 0 spiro atoms. The summed E-state index contributed by atoms with van der Waals surface area (Å²) < 4.78 is 40.5. The van der Waals surface area contributed by atoms with Gasteiger partial charge in [-0.1, -0.05) is 21.1 Å². The normalized spacial score (nSPS) is 10.8. The van der Waals surface area contributed by atoms with Crippen molar-refractivity contribution in [2.75, 3.05) is 5.33 Å². The highest BCUT2D eigenvalue weighted by Gasteiger charge is 2.15. The molecule has 90 valence electrons. The summed E-state index contributed by atoms with van der Waals surface area (Å²) in [6, 6.07) is 1.20. The van der Waals surface area contributed by atoms with E-state index in [0.717, 1.165) is 4.68 Å². The molecule has 1 aromatic carbocycles. The number of aryl methyl sites for hydroxylation is 1. The fraction of sp³-hybridized carbons (Fsp3) is 0.200. The minimum atomic E-state index is -1.02. The predicted octanol–water partition coefficient (Wildman–Crippen LogP) is 2.62. The molecule has 0 aliphatic carbocycles. The van der Waals surface area contributed by atoms with Crippen LogP contribution in [0.25, 0.3) is 5.69 Å². The van der Waals surface area contributed by atoms with Crippen molar-refractivity contribution in [2.45, 2.75) is 6.42 Å². The van der Waals surface area contributed by atoms with Crippen LogP contribution in [0.2, 0.25) is 0 Å². The summed E-state index contributed by atoms with van der Waals surface area (Å²) in [7, 11) is 0. The number of benzene rings is 1. The van der Waals surface area contributed by atoms with Gasteiger partial charge in [0.2, 0.25) is 0 Å². The van der Waals surface area contributed by atoms with Gasteiger partial charge in [-0.15, -0.1) is 5.10 Å². The van der Waals surface area contributed by atoms with Gasteiger partial charge in [0.15, 0.2) is 11.6 Å². The van der Waals surface area contributed by atoms with Gasteiger partial charge in [-0.05, 0) is 0 Å². The molecular formula is C10H7BrF3N3. The first-order valence-electron chi connectivity index (χ1n) is 4.74. The Morgan fingerprint density at radius 1 is 1.18 bits per heavy atom. The van der Waals surface area contributed by atoms with Gasteiger partial charge >= 0.3 is 0 Å². The lowest BCUT2D eigenvalue weighted by molar-refractivity contribution is 0.526. The molecule has 0 saturated heterocycles. The summed E-state index contributed by atoms with van der Waals surface area (Å²) in [4.78, 5) is 0. The third kappa shape index (κ3) is 2.49. The van der Waals surface area contributed by atoms with Crippen LogP contribution in [0.3, 0.4) is 0 Å². The van der Waals surface area contributed by atoms with Gasteiger partial charge < -0.3 is 0 Å². The smallest absolute Gasteiger partial charge is 0.154 e. The summed E-state index contributed by atoms with van der Waals surface area (Å²) >= 11 is 3.22. The van der Waals surface area contributed by atoms with Crippen molar-refractivity contribution in [1.82, 2.24) is 15.0 Å². The van der Waals surface area contributed by atoms with Gasteiger partial charge in [0, 0.05) is 23.9 Å². The maximum atomic E-state index is 13.4. The summed E-state index contributed by atoms with van der Waals surface area (Å²) in [6.45, 7) is 0. The summed E-state index contributed by atoms with van der Waals surface area (Å²) in [5.41, 5.74) is 0.157. The van der Waals surface area contributed by atoms with Gasteiger partial charge in [-0.25, -0.2) is 17.9 Å². The first kappa shape index (κ1) is 12.1. The zero-order valence-corrected chi connectivity index (χ0v) is 10.1. The van der Waals surface area contributed by atoms with Crippen molar-refractivity contribution in [3.05, 3.63) is 41.5 Å². The second-order valence-electron chi connectivity index (χ2n) is 3.31. The Morgan fingerprint density at radius 3 is 2.41 bits per heavy atom. The molecule has 0 amide bonds. The molecule has 17 heavy (non-hydrogen) atoms. The van der Waals surface area contributed by atoms with Crippen LogP contribution < -0.4 is 0 Å². The summed E-state index contributed by atoms with van der Waals surface area (Å²) in [5, 5.41) is 8.01. The fourth-order valence-electron chi connectivity index (χ4n) is 1.37. The zero-order valence-electron chi connectivity index (χ0n) is 8.50. The van der Waals surface area contributed by atoms with E-state index in [0.29, 0.717) is 29.6 Å². The van der Waals surface area contributed by atoms with Gasteiger partial charge in [0.25, 0.3) is 0 Å². The Hall–Kier alpha value is -1.37. The molecule has 0 fully saturated rings. The average Bonchev–Trinajstić information content (AvgIpc) is 2.65. The molecular weight excluding hydrogens is 299 g/mol. The van der Waals surface area contributed by atoms with Crippen LogP contribution in [0.4, 0.5) is 13.2 Å². The van der Waals surface area contributed by atoms with Gasteiger partial charge in [0.05, 0.1) is 11.9 Å². The minimum absolute atomic E-state index is 0.431. The predicted molar refractivity (Wildman–Crippen MR) is 58.7 cm³/mol. The number of hydrogen-bond acceptors (Lipinski definition) is 2. The first-order valence-corrected chi connectivity index (χ1v) is 5.86. The van der Waals surface area contributed by atoms with Crippen molar-refractivity contribution in [3.8, 4) is 5.69 Å². The first-order chi connectivity index (χ1) is 8.11. The SMILES string of the molecule is Fc1cc(F)c(-n2cc(CCBr)nn2)c(F)c1. The highest BCUT2D eigenvalue weighted by atomic mass is 79.9. The number of nitrogens with zero attached hydrogens (tertiary/aromatic N) is 3. The molecule has 0 aliphatic rings. The number of halogens is 4. The molecule has 1 heterocycles. The molecule has 0 bridgehead atoms. The van der Waals surface area contributed by atoms with Crippen molar-refractivity contribution >= 4 is 15.9 Å². The highest BCUT2D eigenvalue weighted by molar-refractivity contribution is 9.09. The Labute approximate surface area is 103 Å². The lowest BCUT2D eigenvalue weighted by Crippen LogP contribution is -2.03. The van der Waals surface area contributed by atoms with Crippen molar-refractivity contribution in [2.24, 2.45) is 0 Å². The molecule has 7 heteroatoms. The number of hydrogen-bond donors (Lipinski definition) is 0. The molecule has 3 nitrogen and oxygen atoms in total. The standard InChI is InChI=1S/C10H7BrF3N3/c11-2-1-7-5-17(16-15-7)10-8(13)3-6(12)4-9(10)14/h3-5H,1-2H2. The molecule has 0 radical (unpaired) electrons. The highest BCUT2D eigenvalue weighted by Crippen LogP contribution is 2.18. The number of rotatable bonds is 3. The van der Waals surface area contributed by atoms with E-state index < -0.39 is 23.1 Å². The van der Waals surface area contributed by atoms with Gasteiger partial charge in [-0.2, -0.15) is 0 Å². The molecule has 0 N–H and O–H groups in total. The van der Waals surface area contributed by atoms with E-state index in [-0.39, 0.29) is 0 Å². The van der Waals surface area contributed by atoms with Crippen molar-refractivity contribution in [3.63, 3.8) is 0 Å². The van der Waals surface area contributed by atoms with E-state index >= 15 is 0 Å². The molecule has 0 atom stereocenters. The number of aromatic nitrogens is 3. The Kier molecular flexibility index (Phi) is 3.46. The Morgan fingerprint density at radius 2 is 1.82 bits per heavy atom. The van der Waals surface area contributed by atoms with E-state index in [4.69, 9.17) is 0 Å². The monoisotopic (exact) mass is 305 g/mol. The van der Waals surface area contributed by atoms with Gasteiger partial charge in [-0.3, -0.25) is 0 Å². The van der Waals surface area contributed by atoms with Crippen LogP contribution in [0.15, 0.2) is 18.3 Å². The maximum Gasteiger partial charge on any atom is 0.154 e. The Bertz CT molecular complexity index is 518. The topological polar surface area (TPSA) is 30.7 Å². The Balaban J connectivity index is 2.45. The molecule has 1 aromatic heterocycles. The molecule has 0 saturated carbocycles. The third-order valence-electron chi connectivity index (χ3n) is 2.10. The van der Waals surface area contributed by atoms with Crippen LogP contribution in [0, 0.1) is 17.5 Å². The molecule has 0 aliphatic heterocycles. The largest absolute Gasteiger partial charge is 0.214 e. The molecule has 2 aromatic rings. The van der Waals surface area contributed by atoms with E-state index in [1.165, 1.54) is 6.20 Å². The molecule has 0 unspecified atom stereocenters. The van der Waals surface area contributed by atoms with Crippen LogP contribution >= 0.6 is 15.9 Å². The average molecular weight is 306 g/mol. The summed E-state index contributed by atoms with van der Waals surface area (Å²) in [5.74, 6) is -3.00. The quantitative estimate of drug-likeness (QED) is 0.816. The van der Waals surface area contributed by atoms with Crippen LogP contribution in [-0.2, 0) is 6.42 Å². The van der Waals surface area contributed by atoms with Gasteiger partial charge in [0.1, 0.15) is 11.5 Å². The van der Waals surface area contributed by atoms with Crippen molar-refractivity contribution in [1.29, 1.82) is 0 Å². The fourth-order valence-corrected chi connectivity index (χ4v) is 1.78. The molecule has 2 rings (SSSR count). The summed E-state index contributed by atoms with van der Waals surface area (Å²) in [6.07, 6.45) is 1.99. The lowest BCUT2D eigenvalue weighted by atomic mass is 10.3. The van der Waals surface area contributed by atoms with Crippen molar-refractivity contribution < 1.29 is 13.2 Å². The zero-order chi connectivity index (χ0) is 12.4. The second-order valence-corrected chi connectivity index (χ2v) is 4.10. The third-order valence-corrected chi connectivity index (χ3v) is 2.50. The number of alkyl halides is 1. The second kappa shape index (κ2) is 4.87. The maximum absolute atomic E-state index is 13.4. The van der Waals surface area contributed by atoms with E-state index in [9.17, 15) is 13.2 Å². The van der Waals surface area contributed by atoms with E-state index in [1.807, 2.05) is 0 Å².